The maximum Gasteiger partial charge on any atom is 0.229 e. The summed E-state index contributed by atoms with van der Waals surface area (Å²) in [4.78, 5) is 13.8. The minimum absolute atomic E-state index is 0.0741. The van der Waals surface area contributed by atoms with Crippen LogP contribution in [0.3, 0.4) is 0 Å². The molecule has 0 fully saturated rings. The number of hydrogen-bond acceptors (Lipinski definition) is 2. The van der Waals surface area contributed by atoms with Gasteiger partial charge in [-0.2, -0.15) is 0 Å². The second-order valence-corrected chi connectivity index (χ2v) is 5.38. The van der Waals surface area contributed by atoms with Crippen molar-refractivity contribution < 1.29 is 9.18 Å². The average Bonchev–Trinajstić information content (AvgIpc) is 2.48. The molecule has 1 unspecified atom stereocenters. The van der Waals surface area contributed by atoms with Crippen LogP contribution in [0.4, 0.5) is 15.8 Å². The number of para-hydroxylation sites is 1. The molecule has 0 aliphatic carbocycles. The number of benzene rings is 2. The summed E-state index contributed by atoms with van der Waals surface area (Å²) < 4.78 is 13.3. The Morgan fingerprint density at radius 3 is 2.76 bits per heavy atom. The number of carbonyl (C=O) groups is 1. The van der Waals surface area contributed by atoms with Gasteiger partial charge in [0.05, 0.1) is 12.5 Å². The van der Waals surface area contributed by atoms with Gasteiger partial charge in [-0.15, -0.1) is 0 Å². The Balaban J connectivity index is 1.93. The monoisotopic (exact) mass is 284 g/mol. The Morgan fingerprint density at radius 2 is 2.00 bits per heavy atom. The predicted molar refractivity (Wildman–Crippen MR) is 82.0 cm³/mol. The van der Waals surface area contributed by atoms with Crippen molar-refractivity contribution in [3.63, 3.8) is 0 Å². The molecule has 2 aromatic rings. The lowest BCUT2D eigenvalue weighted by atomic mass is 9.96. The number of halogens is 1. The van der Waals surface area contributed by atoms with Crippen LogP contribution >= 0.6 is 0 Å². The second-order valence-electron chi connectivity index (χ2n) is 5.38. The molecule has 1 heterocycles. The number of aryl methyl sites for hydroxylation is 1. The van der Waals surface area contributed by atoms with Gasteiger partial charge in [-0.05, 0) is 42.3 Å². The molecule has 1 aliphatic heterocycles. The summed E-state index contributed by atoms with van der Waals surface area (Å²) in [6.07, 6.45) is 0.393. The molecule has 3 rings (SSSR count). The van der Waals surface area contributed by atoms with Crippen LogP contribution in [0.1, 0.15) is 23.6 Å². The fourth-order valence-corrected chi connectivity index (χ4v) is 2.71. The highest BCUT2D eigenvalue weighted by Gasteiger charge is 2.28. The number of rotatable bonds is 2. The summed E-state index contributed by atoms with van der Waals surface area (Å²) in [6.45, 7) is 1.73. The van der Waals surface area contributed by atoms with E-state index in [9.17, 15) is 9.18 Å². The Hall–Kier alpha value is -2.36. The van der Waals surface area contributed by atoms with Crippen LogP contribution < -0.4 is 10.2 Å². The highest BCUT2D eigenvalue weighted by molar-refractivity contribution is 5.97. The van der Waals surface area contributed by atoms with E-state index in [4.69, 9.17) is 0 Å². The van der Waals surface area contributed by atoms with E-state index in [2.05, 4.69) is 5.32 Å². The first-order valence-corrected chi connectivity index (χ1v) is 6.94. The van der Waals surface area contributed by atoms with Crippen LogP contribution in [-0.4, -0.2) is 13.0 Å². The van der Waals surface area contributed by atoms with Crippen molar-refractivity contribution in [2.75, 3.05) is 17.3 Å². The predicted octanol–water partition coefficient (Wildman–Crippen LogP) is 3.65. The van der Waals surface area contributed by atoms with Crippen molar-refractivity contribution in [3.05, 3.63) is 59.4 Å². The fraction of sp³-hybridized carbons (Fsp3) is 0.235. The summed E-state index contributed by atoms with van der Waals surface area (Å²) in [7, 11) is 1.79. The van der Waals surface area contributed by atoms with Crippen molar-refractivity contribution in [3.8, 4) is 0 Å². The van der Waals surface area contributed by atoms with Gasteiger partial charge in [0, 0.05) is 18.4 Å². The lowest BCUT2D eigenvalue weighted by molar-refractivity contribution is -0.118. The third kappa shape index (κ3) is 2.49. The Bertz CT molecular complexity index is 699. The zero-order valence-electron chi connectivity index (χ0n) is 12.1. The van der Waals surface area contributed by atoms with E-state index in [0.29, 0.717) is 12.0 Å². The average molecular weight is 284 g/mol. The van der Waals surface area contributed by atoms with E-state index in [1.807, 2.05) is 24.3 Å². The molecule has 1 N–H and O–H groups in total. The molecule has 3 nitrogen and oxygen atoms in total. The van der Waals surface area contributed by atoms with E-state index < -0.39 is 0 Å². The van der Waals surface area contributed by atoms with Crippen LogP contribution in [-0.2, 0) is 4.79 Å². The van der Waals surface area contributed by atoms with Crippen molar-refractivity contribution in [2.45, 2.75) is 19.4 Å². The molecule has 1 amide bonds. The van der Waals surface area contributed by atoms with Crippen molar-refractivity contribution in [1.29, 1.82) is 0 Å². The van der Waals surface area contributed by atoms with Crippen LogP contribution in [0.15, 0.2) is 42.5 Å². The molecule has 0 radical (unpaired) electrons. The summed E-state index contributed by atoms with van der Waals surface area (Å²) >= 11 is 0. The third-order valence-corrected chi connectivity index (χ3v) is 3.93. The quantitative estimate of drug-likeness (QED) is 0.913. The Kier molecular flexibility index (Phi) is 3.37. The van der Waals surface area contributed by atoms with Crippen molar-refractivity contribution in [2.24, 2.45) is 0 Å². The first kappa shape index (κ1) is 13.6. The highest BCUT2D eigenvalue weighted by Crippen LogP contribution is 2.35. The van der Waals surface area contributed by atoms with Crippen LogP contribution in [0.5, 0.6) is 0 Å². The van der Waals surface area contributed by atoms with Crippen molar-refractivity contribution in [1.82, 2.24) is 0 Å². The molecular formula is C17H17FN2O. The molecule has 4 heteroatoms. The van der Waals surface area contributed by atoms with Crippen LogP contribution in [0.25, 0.3) is 0 Å². The van der Waals surface area contributed by atoms with Gasteiger partial charge in [-0.3, -0.25) is 4.79 Å². The largest absolute Gasteiger partial charge is 0.378 e. The standard InChI is InChI=1S/C17H17FN2O/c1-11-9-12(7-8-14(11)18)19-15-10-17(21)20(2)16-6-4-3-5-13(15)16/h3-9,15,19H,10H2,1-2H3. The second kappa shape index (κ2) is 5.20. The minimum Gasteiger partial charge on any atom is -0.378 e. The van der Waals surface area contributed by atoms with Crippen LogP contribution in [0, 0.1) is 12.7 Å². The topological polar surface area (TPSA) is 32.3 Å². The first-order valence-electron chi connectivity index (χ1n) is 6.94. The Morgan fingerprint density at radius 1 is 1.24 bits per heavy atom. The normalized spacial score (nSPS) is 17.6. The van der Waals surface area contributed by atoms with Gasteiger partial charge in [-0.1, -0.05) is 18.2 Å². The van der Waals surface area contributed by atoms with E-state index in [0.717, 1.165) is 16.9 Å². The van der Waals surface area contributed by atoms with Gasteiger partial charge in [0.2, 0.25) is 5.91 Å². The van der Waals surface area contributed by atoms with E-state index in [-0.39, 0.29) is 17.8 Å². The number of nitrogens with one attached hydrogen (secondary N) is 1. The molecule has 0 bridgehead atoms. The van der Waals surface area contributed by atoms with E-state index in [1.54, 1.807) is 31.0 Å². The lowest BCUT2D eigenvalue weighted by Gasteiger charge is -2.32. The van der Waals surface area contributed by atoms with Crippen LogP contribution in [0.2, 0.25) is 0 Å². The molecule has 0 saturated heterocycles. The zero-order chi connectivity index (χ0) is 15.0. The van der Waals surface area contributed by atoms with Gasteiger partial charge in [-0.25, -0.2) is 4.39 Å². The zero-order valence-corrected chi connectivity index (χ0v) is 12.1. The van der Waals surface area contributed by atoms with Gasteiger partial charge in [0.15, 0.2) is 0 Å². The number of hydrogen-bond donors (Lipinski definition) is 1. The molecule has 21 heavy (non-hydrogen) atoms. The summed E-state index contributed by atoms with van der Waals surface area (Å²) in [6, 6.07) is 12.7. The Labute approximate surface area is 123 Å². The number of amides is 1. The summed E-state index contributed by atoms with van der Waals surface area (Å²) in [5.41, 5.74) is 3.42. The molecule has 1 atom stereocenters. The molecule has 1 aliphatic rings. The van der Waals surface area contributed by atoms with E-state index in [1.165, 1.54) is 6.07 Å². The molecule has 0 spiro atoms. The molecule has 0 aromatic heterocycles. The molecular weight excluding hydrogens is 267 g/mol. The molecule has 2 aromatic carbocycles. The van der Waals surface area contributed by atoms with Gasteiger partial charge in [0.1, 0.15) is 5.82 Å². The SMILES string of the molecule is Cc1cc(NC2CC(=O)N(C)c3ccccc32)ccc1F. The van der Waals surface area contributed by atoms with Gasteiger partial charge in [0.25, 0.3) is 0 Å². The number of nitrogens with zero attached hydrogens (tertiary/aromatic N) is 1. The van der Waals surface area contributed by atoms with Gasteiger partial charge < -0.3 is 10.2 Å². The summed E-state index contributed by atoms with van der Waals surface area (Å²) in [5.74, 6) is -0.148. The van der Waals surface area contributed by atoms with Crippen molar-refractivity contribution >= 4 is 17.3 Å². The number of carbonyl (C=O) groups excluding carboxylic acids is 1. The minimum atomic E-state index is -0.222. The van der Waals surface area contributed by atoms with Gasteiger partial charge >= 0.3 is 0 Å². The maximum atomic E-state index is 13.3. The number of anilines is 2. The maximum absolute atomic E-state index is 13.3. The lowest BCUT2D eigenvalue weighted by Crippen LogP contribution is -2.35. The molecule has 0 saturated carbocycles. The van der Waals surface area contributed by atoms with E-state index >= 15 is 0 Å². The smallest absolute Gasteiger partial charge is 0.229 e. The highest BCUT2D eigenvalue weighted by atomic mass is 19.1. The fourth-order valence-electron chi connectivity index (χ4n) is 2.71. The third-order valence-electron chi connectivity index (χ3n) is 3.93. The molecule has 108 valence electrons. The summed E-state index contributed by atoms with van der Waals surface area (Å²) in [5, 5.41) is 3.34. The number of fused-ring (bicyclic) bond motifs is 1. The first-order chi connectivity index (χ1) is 10.1.